The van der Waals surface area contributed by atoms with E-state index in [-0.39, 0.29) is 6.04 Å². The summed E-state index contributed by atoms with van der Waals surface area (Å²) in [6.45, 7) is 2.13. The van der Waals surface area contributed by atoms with Gasteiger partial charge in [-0.25, -0.2) is 0 Å². The normalized spacial score (nSPS) is 17.2. The van der Waals surface area contributed by atoms with Crippen molar-refractivity contribution in [1.82, 2.24) is 0 Å². The molecular weight excluding hydrogens is 198 g/mol. The minimum absolute atomic E-state index is 0.261. The van der Waals surface area contributed by atoms with E-state index in [2.05, 4.69) is 25.1 Å². The molecule has 1 aromatic rings. The monoisotopic (exact) mass is 219 g/mol. The molecule has 1 fully saturated rings. The second kappa shape index (κ2) is 4.88. The SMILES string of the molecule is CC[C@@H](N)Cc1ccc(C2CC2)c(OC)c1. The first-order valence-corrected chi connectivity index (χ1v) is 6.17. The lowest BCUT2D eigenvalue weighted by atomic mass is 10.0. The largest absolute Gasteiger partial charge is 0.496 e. The molecule has 2 nitrogen and oxygen atoms in total. The lowest BCUT2D eigenvalue weighted by molar-refractivity contribution is 0.409. The van der Waals surface area contributed by atoms with E-state index >= 15 is 0 Å². The molecule has 0 amide bonds. The van der Waals surface area contributed by atoms with Gasteiger partial charge in [0.15, 0.2) is 0 Å². The molecule has 0 aliphatic heterocycles. The summed E-state index contributed by atoms with van der Waals surface area (Å²) in [5.41, 5.74) is 8.63. The smallest absolute Gasteiger partial charge is 0.122 e. The minimum Gasteiger partial charge on any atom is -0.496 e. The highest BCUT2D eigenvalue weighted by Gasteiger charge is 2.26. The molecule has 1 aliphatic carbocycles. The Kier molecular flexibility index (Phi) is 3.49. The van der Waals surface area contributed by atoms with Crippen LogP contribution in [0.3, 0.4) is 0 Å². The molecule has 0 radical (unpaired) electrons. The van der Waals surface area contributed by atoms with Gasteiger partial charge in [-0.2, -0.15) is 0 Å². The van der Waals surface area contributed by atoms with Crippen LogP contribution in [0, 0.1) is 0 Å². The number of hydrogen-bond donors (Lipinski definition) is 1. The molecule has 1 aromatic carbocycles. The third-order valence-electron chi connectivity index (χ3n) is 3.34. The quantitative estimate of drug-likeness (QED) is 0.826. The maximum Gasteiger partial charge on any atom is 0.122 e. The molecule has 88 valence electrons. The molecule has 16 heavy (non-hydrogen) atoms. The van der Waals surface area contributed by atoms with Crippen LogP contribution in [0.25, 0.3) is 0 Å². The van der Waals surface area contributed by atoms with Crippen molar-refractivity contribution < 1.29 is 4.74 Å². The van der Waals surface area contributed by atoms with Crippen molar-refractivity contribution >= 4 is 0 Å². The molecule has 0 heterocycles. The van der Waals surface area contributed by atoms with Gasteiger partial charge in [0.05, 0.1) is 7.11 Å². The Morgan fingerprint density at radius 2 is 2.19 bits per heavy atom. The maximum atomic E-state index is 5.97. The Morgan fingerprint density at radius 3 is 2.75 bits per heavy atom. The van der Waals surface area contributed by atoms with Crippen molar-refractivity contribution in [1.29, 1.82) is 0 Å². The van der Waals surface area contributed by atoms with Crippen LogP contribution in [0.5, 0.6) is 5.75 Å². The second-order valence-corrected chi connectivity index (χ2v) is 4.72. The van der Waals surface area contributed by atoms with E-state index in [1.807, 2.05) is 0 Å². The van der Waals surface area contributed by atoms with Crippen molar-refractivity contribution in [3.8, 4) is 5.75 Å². The highest BCUT2D eigenvalue weighted by molar-refractivity contribution is 5.42. The van der Waals surface area contributed by atoms with Gasteiger partial charge in [-0.05, 0) is 48.8 Å². The van der Waals surface area contributed by atoms with Crippen molar-refractivity contribution in [2.45, 2.75) is 44.6 Å². The number of ether oxygens (including phenoxy) is 1. The summed E-state index contributed by atoms with van der Waals surface area (Å²) < 4.78 is 5.46. The average Bonchev–Trinajstić information content (AvgIpc) is 3.12. The van der Waals surface area contributed by atoms with Crippen LogP contribution in [0.2, 0.25) is 0 Å². The van der Waals surface area contributed by atoms with Crippen molar-refractivity contribution in [3.63, 3.8) is 0 Å². The fraction of sp³-hybridized carbons (Fsp3) is 0.571. The maximum absolute atomic E-state index is 5.97. The molecule has 2 rings (SSSR count). The van der Waals surface area contributed by atoms with Crippen molar-refractivity contribution in [2.75, 3.05) is 7.11 Å². The minimum atomic E-state index is 0.261. The zero-order valence-electron chi connectivity index (χ0n) is 10.2. The zero-order chi connectivity index (χ0) is 11.5. The van der Waals surface area contributed by atoms with Gasteiger partial charge < -0.3 is 10.5 Å². The summed E-state index contributed by atoms with van der Waals surface area (Å²) in [6, 6.07) is 6.83. The molecule has 0 bridgehead atoms. The van der Waals surface area contributed by atoms with Gasteiger partial charge >= 0.3 is 0 Å². The van der Waals surface area contributed by atoms with Gasteiger partial charge in [-0.3, -0.25) is 0 Å². The summed E-state index contributed by atoms with van der Waals surface area (Å²) in [4.78, 5) is 0. The van der Waals surface area contributed by atoms with Crippen LogP contribution in [-0.2, 0) is 6.42 Å². The van der Waals surface area contributed by atoms with Crippen LogP contribution in [0.1, 0.15) is 43.2 Å². The van der Waals surface area contributed by atoms with Gasteiger partial charge in [-0.1, -0.05) is 19.1 Å². The molecule has 0 aromatic heterocycles. The Hall–Kier alpha value is -1.02. The van der Waals surface area contributed by atoms with Crippen LogP contribution in [0.4, 0.5) is 0 Å². The summed E-state index contributed by atoms with van der Waals surface area (Å²) in [7, 11) is 1.75. The molecule has 0 spiro atoms. The van der Waals surface area contributed by atoms with Gasteiger partial charge in [0, 0.05) is 6.04 Å². The fourth-order valence-corrected chi connectivity index (χ4v) is 2.06. The first-order valence-electron chi connectivity index (χ1n) is 6.17. The number of benzene rings is 1. The second-order valence-electron chi connectivity index (χ2n) is 4.72. The molecule has 2 heteroatoms. The van der Waals surface area contributed by atoms with Crippen LogP contribution >= 0.6 is 0 Å². The molecule has 1 aliphatic rings. The molecule has 0 unspecified atom stereocenters. The van der Waals surface area contributed by atoms with Gasteiger partial charge in [0.2, 0.25) is 0 Å². The number of hydrogen-bond acceptors (Lipinski definition) is 2. The van der Waals surface area contributed by atoms with Gasteiger partial charge in [-0.15, -0.1) is 0 Å². The van der Waals surface area contributed by atoms with Crippen molar-refractivity contribution in [2.24, 2.45) is 5.73 Å². The Labute approximate surface area is 97.8 Å². The first-order chi connectivity index (χ1) is 7.74. The van der Waals surface area contributed by atoms with Crippen LogP contribution in [-0.4, -0.2) is 13.2 Å². The Bertz CT molecular complexity index is 358. The van der Waals surface area contributed by atoms with E-state index in [1.165, 1.54) is 24.0 Å². The third kappa shape index (κ3) is 2.56. The molecule has 0 saturated heterocycles. The van der Waals surface area contributed by atoms with E-state index in [0.717, 1.165) is 24.5 Å². The van der Waals surface area contributed by atoms with Gasteiger partial charge in [0.25, 0.3) is 0 Å². The van der Waals surface area contributed by atoms with E-state index in [1.54, 1.807) is 7.11 Å². The standard InChI is InChI=1S/C14H21NO/c1-3-12(15)8-10-4-7-13(11-5-6-11)14(9-10)16-2/h4,7,9,11-12H,3,5-6,8,15H2,1-2H3/t12-/m1/s1. The summed E-state index contributed by atoms with van der Waals surface area (Å²) in [6.07, 6.45) is 4.58. The van der Waals surface area contributed by atoms with Crippen LogP contribution < -0.4 is 10.5 Å². The fourth-order valence-electron chi connectivity index (χ4n) is 2.06. The molecule has 1 saturated carbocycles. The lowest BCUT2D eigenvalue weighted by Crippen LogP contribution is -2.21. The third-order valence-corrected chi connectivity index (χ3v) is 3.34. The highest BCUT2D eigenvalue weighted by atomic mass is 16.5. The Balaban J connectivity index is 2.15. The topological polar surface area (TPSA) is 35.2 Å². The van der Waals surface area contributed by atoms with Crippen LogP contribution in [0.15, 0.2) is 18.2 Å². The average molecular weight is 219 g/mol. The van der Waals surface area contributed by atoms with Gasteiger partial charge in [0.1, 0.15) is 5.75 Å². The summed E-state index contributed by atoms with van der Waals surface area (Å²) in [5, 5.41) is 0. The Morgan fingerprint density at radius 1 is 1.44 bits per heavy atom. The predicted molar refractivity (Wildman–Crippen MR) is 66.9 cm³/mol. The zero-order valence-corrected chi connectivity index (χ0v) is 10.2. The summed E-state index contributed by atoms with van der Waals surface area (Å²) in [5.74, 6) is 1.78. The van der Waals surface area contributed by atoms with E-state index < -0.39 is 0 Å². The number of nitrogens with two attached hydrogens (primary N) is 1. The van der Waals surface area contributed by atoms with Crippen molar-refractivity contribution in [3.05, 3.63) is 29.3 Å². The number of rotatable bonds is 5. The summed E-state index contributed by atoms with van der Waals surface area (Å²) >= 11 is 0. The van der Waals surface area contributed by atoms with E-state index in [0.29, 0.717) is 0 Å². The molecule has 1 atom stereocenters. The number of methoxy groups -OCH3 is 1. The predicted octanol–water partition coefficient (Wildman–Crippen LogP) is 2.85. The molecular formula is C14H21NO. The van der Waals surface area contributed by atoms with E-state index in [4.69, 9.17) is 10.5 Å². The lowest BCUT2D eigenvalue weighted by Gasteiger charge is -2.12. The first kappa shape index (κ1) is 11.5. The highest BCUT2D eigenvalue weighted by Crippen LogP contribution is 2.44. The van der Waals surface area contributed by atoms with E-state index in [9.17, 15) is 0 Å². The molecule has 2 N–H and O–H groups in total.